The first kappa shape index (κ1) is 15.0. The van der Waals surface area contributed by atoms with E-state index in [1.165, 1.54) is 6.92 Å². The Bertz CT molecular complexity index is 668. The zero-order chi connectivity index (χ0) is 16.1. The van der Waals surface area contributed by atoms with Gasteiger partial charge in [-0.15, -0.1) is 0 Å². The van der Waals surface area contributed by atoms with Crippen molar-refractivity contribution < 1.29 is 9.53 Å². The van der Waals surface area contributed by atoms with Crippen molar-refractivity contribution in [3.8, 4) is 0 Å². The molecule has 23 heavy (non-hydrogen) atoms. The predicted octanol–water partition coefficient (Wildman–Crippen LogP) is 4.54. The number of hydrogen-bond acceptors (Lipinski definition) is 2. The van der Waals surface area contributed by atoms with Gasteiger partial charge in [-0.3, -0.25) is 4.79 Å². The summed E-state index contributed by atoms with van der Waals surface area (Å²) in [7, 11) is 0. The van der Waals surface area contributed by atoms with Crippen molar-refractivity contribution in [1.29, 1.82) is 0 Å². The van der Waals surface area contributed by atoms with Gasteiger partial charge in [-0.25, -0.2) is 0 Å². The molecule has 0 aliphatic carbocycles. The molecule has 0 radical (unpaired) electrons. The number of ether oxygens (including phenoxy) is 1. The minimum atomic E-state index is -0.949. The predicted molar refractivity (Wildman–Crippen MR) is 91.0 cm³/mol. The number of carbonyl (C=O) groups excluding carboxylic acids is 1. The molecule has 0 aliphatic rings. The second kappa shape index (κ2) is 6.49. The summed E-state index contributed by atoms with van der Waals surface area (Å²) in [5.41, 5.74) is 1.82. The third kappa shape index (κ3) is 2.88. The van der Waals surface area contributed by atoms with E-state index in [2.05, 4.69) is 0 Å². The molecule has 2 heteroatoms. The molecule has 0 aliphatic heterocycles. The first-order valence-corrected chi connectivity index (χ1v) is 7.59. The third-order valence-electron chi connectivity index (χ3n) is 3.84. The Kier molecular flexibility index (Phi) is 4.24. The van der Waals surface area contributed by atoms with Crippen LogP contribution in [0.3, 0.4) is 0 Å². The molecule has 0 unspecified atom stereocenters. The highest BCUT2D eigenvalue weighted by Gasteiger charge is 2.39. The van der Waals surface area contributed by atoms with Crippen LogP contribution in [0.2, 0.25) is 0 Å². The van der Waals surface area contributed by atoms with E-state index in [0.29, 0.717) is 0 Å². The normalized spacial score (nSPS) is 11.0. The number of carbonyl (C=O) groups is 1. The Balaban J connectivity index is 2.32. The lowest BCUT2D eigenvalue weighted by Crippen LogP contribution is -2.34. The summed E-state index contributed by atoms with van der Waals surface area (Å²) >= 11 is 0. The summed E-state index contributed by atoms with van der Waals surface area (Å²) in [6, 6.07) is 29.6. The molecule has 114 valence electrons. The minimum absolute atomic E-state index is 0.318. The van der Waals surface area contributed by atoms with Crippen LogP contribution in [-0.4, -0.2) is 5.97 Å². The first-order valence-electron chi connectivity index (χ1n) is 7.59. The molecule has 3 rings (SSSR count). The molecule has 0 bridgehead atoms. The van der Waals surface area contributed by atoms with E-state index in [-0.39, 0.29) is 5.97 Å². The van der Waals surface area contributed by atoms with Gasteiger partial charge in [-0.1, -0.05) is 91.0 Å². The van der Waals surface area contributed by atoms with Crippen molar-refractivity contribution in [1.82, 2.24) is 0 Å². The highest BCUT2D eigenvalue weighted by molar-refractivity contribution is 5.69. The van der Waals surface area contributed by atoms with Crippen molar-refractivity contribution in [2.45, 2.75) is 12.5 Å². The largest absolute Gasteiger partial charge is 0.444 e. The topological polar surface area (TPSA) is 26.3 Å². The van der Waals surface area contributed by atoms with Crippen LogP contribution in [0.4, 0.5) is 0 Å². The number of hydrogen-bond donors (Lipinski definition) is 0. The average Bonchev–Trinajstić information content (AvgIpc) is 2.62. The van der Waals surface area contributed by atoms with Gasteiger partial charge in [-0.05, 0) is 0 Å². The lowest BCUT2D eigenvalue weighted by atomic mass is 9.80. The molecule has 0 N–H and O–H groups in total. The minimum Gasteiger partial charge on any atom is -0.444 e. The first-order chi connectivity index (χ1) is 11.2. The smallest absolute Gasteiger partial charge is 0.304 e. The Labute approximate surface area is 136 Å². The van der Waals surface area contributed by atoms with Gasteiger partial charge in [-0.2, -0.15) is 0 Å². The van der Waals surface area contributed by atoms with E-state index < -0.39 is 5.60 Å². The van der Waals surface area contributed by atoms with Gasteiger partial charge in [0.2, 0.25) is 0 Å². The van der Waals surface area contributed by atoms with Gasteiger partial charge in [0, 0.05) is 23.6 Å². The fourth-order valence-electron chi connectivity index (χ4n) is 2.91. The Hall–Kier alpha value is -2.87. The van der Waals surface area contributed by atoms with Crippen molar-refractivity contribution in [2.24, 2.45) is 0 Å². The number of esters is 1. The molecule has 0 aromatic heterocycles. The van der Waals surface area contributed by atoms with E-state index in [9.17, 15) is 4.79 Å². The van der Waals surface area contributed by atoms with Gasteiger partial charge < -0.3 is 4.74 Å². The third-order valence-corrected chi connectivity index (χ3v) is 3.84. The highest BCUT2D eigenvalue weighted by atomic mass is 16.6. The monoisotopic (exact) mass is 302 g/mol. The maximum Gasteiger partial charge on any atom is 0.304 e. The lowest BCUT2D eigenvalue weighted by Gasteiger charge is -2.34. The fourth-order valence-corrected chi connectivity index (χ4v) is 2.91. The quantitative estimate of drug-likeness (QED) is 0.522. The summed E-state index contributed by atoms with van der Waals surface area (Å²) in [4.78, 5) is 12.0. The van der Waals surface area contributed by atoms with Crippen LogP contribution in [0.15, 0.2) is 91.0 Å². The maximum atomic E-state index is 12.0. The highest BCUT2D eigenvalue weighted by Crippen LogP contribution is 2.40. The number of rotatable bonds is 4. The molecule has 0 amide bonds. The van der Waals surface area contributed by atoms with E-state index in [1.54, 1.807) is 0 Å². The van der Waals surface area contributed by atoms with Crippen molar-refractivity contribution in [2.75, 3.05) is 0 Å². The molecule has 3 aromatic carbocycles. The maximum absolute atomic E-state index is 12.0. The molecular weight excluding hydrogens is 284 g/mol. The Morgan fingerprint density at radius 3 is 1.22 bits per heavy atom. The van der Waals surface area contributed by atoms with E-state index >= 15 is 0 Å². The van der Waals surface area contributed by atoms with Gasteiger partial charge >= 0.3 is 5.97 Å². The van der Waals surface area contributed by atoms with Gasteiger partial charge in [0.05, 0.1) is 0 Å². The van der Waals surface area contributed by atoms with Crippen molar-refractivity contribution in [3.63, 3.8) is 0 Å². The molecule has 2 nitrogen and oxygen atoms in total. The Morgan fingerprint density at radius 1 is 0.652 bits per heavy atom. The fraction of sp³-hybridized carbons (Fsp3) is 0.0952. The van der Waals surface area contributed by atoms with Crippen LogP contribution >= 0.6 is 0 Å². The van der Waals surface area contributed by atoms with Gasteiger partial charge in [0.25, 0.3) is 0 Å². The number of benzene rings is 3. The van der Waals surface area contributed by atoms with Crippen LogP contribution in [0, 0.1) is 0 Å². The van der Waals surface area contributed by atoms with Crippen LogP contribution in [0.1, 0.15) is 23.6 Å². The summed E-state index contributed by atoms with van der Waals surface area (Å²) in [6.45, 7) is 1.45. The second-order valence-electron chi connectivity index (χ2n) is 5.37. The summed E-state index contributed by atoms with van der Waals surface area (Å²) in [5, 5.41) is 0. The second-order valence-corrected chi connectivity index (χ2v) is 5.37. The SMILES string of the molecule is CC(=O)OC(c1ccccc1)(c1ccccc1)c1ccccc1. The Morgan fingerprint density at radius 2 is 0.957 bits per heavy atom. The van der Waals surface area contributed by atoms with Crippen LogP contribution in [-0.2, 0) is 15.1 Å². The standard InChI is InChI=1S/C21H18O2/c1-17(22)23-21(18-11-5-2-6-12-18,19-13-7-3-8-14-19)20-15-9-4-10-16-20/h2-16H,1H3. The van der Waals surface area contributed by atoms with Crippen molar-refractivity contribution in [3.05, 3.63) is 108 Å². The molecule has 0 saturated carbocycles. The summed E-state index contributed by atoms with van der Waals surface area (Å²) in [5.74, 6) is -0.318. The van der Waals surface area contributed by atoms with Crippen LogP contribution < -0.4 is 0 Å². The lowest BCUT2D eigenvalue weighted by molar-refractivity contribution is -0.150. The van der Waals surface area contributed by atoms with Gasteiger partial charge in [0.1, 0.15) is 0 Å². The molecule has 0 saturated heterocycles. The van der Waals surface area contributed by atoms with Gasteiger partial charge in [0.15, 0.2) is 5.60 Å². The van der Waals surface area contributed by atoms with Crippen LogP contribution in [0.5, 0.6) is 0 Å². The van der Waals surface area contributed by atoms with E-state index in [4.69, 9.17) is 4.74 Å². The zero-order valence-corrected chi connectivity index (χ0v) is 13.0. The molecular formula is C21H18O2. The molecule has 0 atom stereocenters. The molecule has 0 heterocycles. The molecule has 0 spiro atoms. The molecule has 0 fully saturated rings. The zero-order valence-electron chi connectivity index (χ0n) is 13.0. The van der Waals surface area contributed by atoms with E-state index in [1.807, 2.05) is 91.0 Å². The summed E-state index contributed by atoms with van der Waals surface area (Å²) < 4.78 is 5.96. The van der Waals surface area contributed by atoms with Crippen LogP contribution in [0.25, 0.3) is 0 Å². The van der Waals surface area contributed by atoms with Crippen molar-refractivity contribution >= 4 is 5.97 Å². The molecule has 3 aromatic rings. The van der Waals surface area contributed by atoms with E-state index in [0.717, 1.165) is 16.7 Å². The average molecular weight is 302 g/mol. The summed E-state index contributed by atoms with van der Waals surface area (Å²) in [6.07, 6.45) is 0.